The van der Waals surface area contributed by atoms with E-state index in [1.807, 2.05) is 87.5 Å². The van der Waals surface area contributed by atoms with Gasteiger partial charge in [0.15, 0.2) is 6.10 Å². The number of amides is 2. The van der Waals surface area contributed by atoms with Crippen LogP contribution in [-0.2, 0) is 25.7 Å². The van der Waals surface area contributed by atoms with Crippen LogP contribution < -0.4 is 4.90 Å². The Bertz CT molecular complexity index is 1330. The molecule has 0 radical (unpaired) electrons. The van der Waals surface area contributed by atoms with E-state index in [0.29, 0.717) is 6.42 Å². The van der Waals surface area contributed by atoms with Crippen LogP contribution in [0.4, 0.5) is 10.5 Å². The minimum atomic E-state index is -1.02. The van der Waals surface area contributed by atoms with Crippen molar-refractivity contribution in [2.24, 2.45) is 0 Å². The van der Waals surface area contributed by atoms with E-state index >= 15 is 0 Å². The summed E-state index contributed by atoms with van der Waals surface area (Å²) < 4.78 is 11.4. The van der Waals surface area contributed by atoms with E-state index in [2.05, 4.69) is 6.07 Å². The van der Waals surface area contributed by atoms with Gasteiger partial charge >= 0.3 is 12.1 Å². The molecular weight excluding hydrogens is 524 g/mol. The van der Waals surface area contributed by atoms with Crippen LogP contribution in [0.3, 0.4) is 0 Å². The van der Waals surface area contributed by atoms with Crippen molar-refractivity contribution in [2.45, 2.75) is 56.5 Å². The number of hydrogen-bond donors (Lipinski definition) is 0. The Hall–Kier alpha value is -3.78. The van der Waals surface area contributed by atoms with Crippen molar-refractivity contribution >= 4 is 35.4 Å². The number of hydrogen-bond acceptors (Lipinski definition) is 6. The summed E-state index contributed by atoms with van der Waals surface area (Å²) in [5.41, 5.74) is 4.71. The zero-order chi connectivity index (χ0) is 28.6. The average molecular weight is 561 g/mol. The topological polar surface area (TPSA) is 76.2 Å². The Kier molecular flexibility index (Phi) is 9.88. The van der Waals surface area contributed by atoms with Gasteiger partial charge in [-0.15, -0.1) is 11.8 Å². The van der Waals surface area contributed by atoms with Crippen molar-refractivity contribution in [3.05, 3.63) is 95.1 Å². The zero-order valence-corrected chi connectivity index (χ0v) is 24.3. The fourth-order valence-corrected chi connectivity index (χ4v) is 5.87. The molecular formula is C32H36N2O5S. The first kappa shape index (κ1) is 29.2. The van der Waals surface area contributed by atoms with Crippen LogP contribution in [0.25, 0.3) is 0 Å². The summed E-state index contributed by atoms with van der Waals surface area (Å²) in [7, 11) is 1.65. The summed E-state index contributed by atoms with van der Waals surface area (Å²) in [6.07, 6.45) is -0.638. The number of benzene rings is 3. The fraction of sp³-hybridized carbons (Fsp3) is 0.344. The molecule has 7 nitrogen and oxygen atoms in total. The van der Waals surface area contributed by atoms with Crippen molar-refractivity contribution in [2.75, 3.05) is 25.0 Å². The van der Waals surface area contributed by atoms with Gasteiger partial charge in [0.05, 0.1) is 10.9 Å². The Morgan fingerprint density at radius 3 is 2.38 bits per heavy atom. The molecule has 1 heterocycles. The summed E-state index contributed by atoms with van der Waals surface area (Å²) in [5, 5.41) is -0.423. The maximum absolute atomic E-state index is 14.2. The van der Waals surface area contributed by atoms with Crippen LogP contribution in [0, 0.1) is 13.8 Å². The van der Waals surface area contributed by atoms with Crippen molar-refractivity contribution in [3.63, 3.8) is 0 Å². The molecule has 0 N–H and O–H groups in total. The molecule has 0 aliphatic carbocycles. The van der Waals surface area contributed by atoms with Crippen LogP contribution >= 0.6 is 11.8 Å². The van der Waals surface area contributed by atoms with Crippen molar-refractivity contribution in [3.8, 4) is 0 Å². The summed E-state index contributed by atoms with van der Waals surface area (Å²) in [5.74, 6) is -0.710. The van der Waals surface area contributed by atoms with Crippen LogP contribution in [0.2, 0.25) is 0 Å². The quantitative estimate of drug-likeness (QED) is 0.280. The van der Waals surface area contributed by atoms with Gasteiger partial charge in [-0.05, 0) is 49.1 Å². The Morgan fingerprint density at radius 1 is 0.975 bits per heavy atom. The number of fused-ring (bicyclic) bond motifs is 1. The second kappa shape index (κ2) is 13.5. The van der Waals surface area contributed by atoms with Gasteiger partial charge in [0, 0.05) is 31.5 Å². The molecule has 3 aromatic rings. The number of likely N-dealkylation sites (N-methyl/N-ethyl adjacent to an activating group) is 1. The number of carbonyl (C=O) groups excluding carboxylic acids is 3. The number of carbonyl (C=O) groups is 3. The van der Waals surface area contributed by atoms with Crippen LogP contribution in [0.1, 0.15) is 47.3 Å². The van der Waals surface area contributed by atoms with E-state index in [1.165, 1.54) is 16.7 Å². The van der Waals surface area contributed by atoms with Gasteiger partial charge in [-0.3, -0.25) is 9.59 Å². The predicted molar refractivity (Wildman–Crippen MR) is 157 cm³/mol. The number of esters is 1. The lowest BCUT2D eigenvalue weighted by atomic mass is 10.0. The lowest BCUT2D eigenvalue weighted by Gasteiger charge is -2.29. The first-order valence-corrected chi connectivity index (χ1v) is 14.4. The summed E-state index contributed by atoms with van der Waals surface area (Å²) in [6.45, 7) is 6.54. The second-order valence-electron chi connectivity index (χ2n) is 10.0. The molecule has 0 unspecified atom stereocenters. The number of nitrogens with zero attached hydrogens (tertiary/aromatic N) is 2. The molecule has 0 saturated heterocycles. The van der Waals surface area contributed by atoms with Crippen LogP contribution in [-0.4, -0.2) is 49.1 Å². The van der Waals surface area contributed by atoms with Crippen molar-refractivity contribution < 1.29 is 23.9 Å². The molecule has 0 aromatic heterocycles. The van der Waals surface area contributed by atoms with E-state index in [4.69, 9.17) is 9.47 Å². The highest BCUT2D eigenvalue weighted by atomic mass is 32.2. The number of rotatable bonds is 9. The minimum Gasteiger partial charge on any atom is -0.451 e. The molecule has 0 saturated carbocycles. The monoisotopic (exact) mass is 560 g/mol. The summed E-state index contributed by atoms with van der Waals surface area (Å²) in [6, 6.07) is 23.4. The molecule has 210 valence electrons. The summed E-state index contributed by atoms with van der Waals surface area (Å²) in [4.78, 5) is 43.6. The van der Waals surface area contributed by atoms with Crippen molar-refractivity contribution in [1.29, 1.82) is 0 Å². The molecule has 3 aromatic carbocycles. The number of aryl methyl sites for hydroxylation is 2. The number of anilines is 1. The highest BCUT2D eigenvalue weighted by molar-refractivity contribution is 7.99. The third-order valence-corrected chi connectivity index (χ3v) is 8.09. The predicted octanol–water partition coefficient (Wildman–Crippen LogP) is 6.46. The molecule has 0 spiro atoms. The molecule has 1 aliphatic rings. The highest BCUT2D eigenvalue weighted by Crippen LogP contribution is 2.47. The third kappa shape index (κ3) is 7.24. The third-order valence-electron chi connectivity index (χ3n) is 6.74. The SMILES string of the molecule is CCCC(=O)O[C@@H]1C(=O)N(CCN(C)C(=O)OCc2ccccc2)c2ccc(C)cc2S[C@@H]1c1ccc(C)cc1. The van der Waals surface area contributed by atoms with Gasteiger partial charge in [0.2, 0.25) is 0 Å². The minimum absolute atomic E-state index is 0.166. The van der Waals surface area contributed by atoms with Crippen LogP contribution in [0.15, 0.2) is 77.7 Å². The molecule has 0 bridgehead atoms. The number of ether oxygens (including phenoxy) is 2. The van der Waals surface area contributed by atoms with Gasteiger partial charge in [-0.2, -0.15) is 0 Å². The molecule has 2 atom stereocenters. The molecule has 8 heteroatoms. The number of thioether (sulfide) groups is 1. The fourth-order valence-electron chi connectivity index (χ4n) is 4.46. The Morgan fingerprint density at radius 2 is 1.68 bits per heavy atom. The zero-order valence-electron chi connectivity index (χ0n) is 23.5. The molecule has 0 fully saturated rings. The second-order valence-corrected chi connectivity index (χ2v) is 11.2. The molecule has 1 aliphatic heterocycles. The van der Waals surface area contributed by atoms with Crippen molar-refractivity contribution in [1.82, 2.24) is 4.90 Å². The van der Waals surface area contributed by atoms with E-state index in [-0.39, 0.29) is 32.0 Å². The highest BCUT2D eigenvalue weighted by Gasteiger charge is 2.41. The first-order valence-electron chi connectivity index (χ1n) is 13.5. The van der Waals surface area contributed by atoms with Gasteiger partial charge in [0.1, 0.15) is 6.61 Å². The van der Waals surface area contributed by atoms with Gasteiger partial charge in [-0.25, -0.2) is 4.79 Å². The largest absolute Gasteiger partial charge is 0.451 e. The average Bonchev–Trinajstić information content (AvgIpc) is 3.05. The van der Waals surface area contributed by atoms with Gasteiger partial charge in [0.25, 0.3) is 5.91 Å². The summed E-state index contributed by atoms with van der Waals surface area (Å²) >= 11 is 1.53. The van der Waals surface area contributed by atoms with E-state index in [9.17, 15) is 14.4 Å². The van der Waals surface area contributed by atoms with Gasteiger partial charge in [-0.1, -0.05) is 73.2 Å². The normalized spacial score (nSPS) is 16.6. The van der Waals surface area contributed by atoms with Crippen LogP contribution in [0.5, 0.6) is 0 Å². The Balaban J connectivity index is 1.60. The van der Waals surface area contributed by atoms with Gasteiger partial charge < -0.3 is 19.3 Å². The molecule has 40 heavy (non-hydrogen) atoms. The van der Waals surface area contributed by atoms with E-state index < -0.39 is 23.4 Å². The Labute approximate surface area is 240 Å². The maximum Gasteiger partial charge on any atom is 0.409 e. The maximum atomic E-state index is 14.2. The molecule has 2 amide bonds. The van der Waals surface area contributed by atoms with E-state index in [1.54, 1.807) is 11.9 Å². The van der Waals surface area contributed by atoms with E-state index in [0.717, 1.165) is 32.8 Å². The first-order chi connectivity index (χ1) is 19.3. The standard InChI is InChI=1S/C32H36N2O5S/c1-5-9-28(35)39-29-30(25-15-12-22(2)13-16-25)40-27-20-23(3)14-17-26(27)34(31(29)36)19-18-33(4)32(37)38-21-24-10-7-6-8-11-24/h6-8,10-17,20,29-30H,5,9,18-19,21H2,1-4H3/t29-,30+/m0/s1. The molecule has 4 rings (SSSR count). The lowest BCUT2D eigenvalue weighted by Crippen LogP contribution is -2.46. The lowest BCUT2D eigenvalue weighted by molar-refractivity contribution is -0.155. The smallest absolute Gasteiger partial charge is 0.409 e.